The van der Waals surface area contributed by atoms with Crippen molar-refractivity contribution in [1.82, 2.24) is 20.3 Å². The first-order valence-corrected chi connectivity index (χ1v) is 9.91. The topological polar surface area (TPSA) is 100 Å². The highest BCUT2D eigenvalue weighted by Gasteiger charge is 2.24. The van der Waals surface area contributed by atoms with Crippen molar-refractivity contribution in [1.29, 1.82) is 0 Å². The van der Waals surface area contributed by atoms with E-state index in [0.717, 1.165) is 37.3 Å². The predicted octanol–water partition coefficient (Wildman–Crippen LogP) is 2.94. The van der Waals surface area contributed by atoms with Crippen LogP contribution in [0.5, 0.6) is 0 Å². The summed E-state index contributed by atoms with van der Waals surface area (Å²) in [7, 11) is 0. The quantitative estimate of drug-likeness (QED) is 0.823. The molecule has 0 bridgehead atoms. The summed E-state index contributed by atoms with van der Waals surface area (Å²) in [5, 5.41) is 2.94. The standard InChI is InChI=1S/C21H29N5O3/c1-13-14(2)23-18(25-19(13)27)15-6-7-17(22-12-15)26-10-8-16(9-11-26)24-20(28)29-21(3,4)5/h6-7,12,16H,8-11H2,1-5H3,(H,24,28)(H,23,25,27). The number of hydrogen-bond acceptors (Lipinski definition) is 6. The first-order valence-electron chi connectivity index (χ1n) is 9.91. The second kappa shape index (κ2) is 8.23. The normalized spacial score (nSPS) is 15.3. The molecule has 2 N–H and O–H groups in total. The maximum Gasteiger partial charge on any atom is 0.407 e. The lowest BCUT2D eigenvalue weighted by molar-refractivity contribution is 0.0497. The number of nitrogens with zero attached hydrogens (tertiary/aromatic N) is 3. The predicted molar refractivity (Wildman–Crippen MR) is 112 cm³/mol. The Morgan fingerprint density at radius 1 is 1.24 bits per heavy atom. The number of aromatic nitrogens is 3. The zero-order valence-corrected chi connectivity index (χ0v) is 17.7. The second-order valence-corrected chi connectivity index (χ2v) is 8.44. The fraction of sp³-hybridized carbons (Fsp3) is 0.524. The number of H-pyrrole nitrogens is 1. The van der Waals surface area contributed by atoms with Crippen molar-refractivity contribution in [3.05, 3.63) is 39.9 Å². The van der Waals surface area contributed by atoms with E-state index in [2.05, 4.69) is 25.2 Å². The number of anilines is 1. The fourth-order valence-corrected chi connectivity index (χ4v) is 3.22. The number of aryl methyl sites for hydroxylation is 1. The highest BCUT2D eigenvalue weighted by atomic mass is 16.6. The molecule has 0 atom stereocenters. The number of pyridine rings is 1. The molecule has 0 aliphatic carbocycles. The van der Waals surface area contributed by atoms with Gasteiger partial charge in [-0.2, -0.15) is 0 Å². The maximum atomic E-state index is 12.0. The Balaban J connectivity index is 1.59. The number of hydrogen-bond donors (Lipinski definition) is 2. The first kappa shape index (κ1) is 20.8. The van der Waals surface area contributed by atoms with Crippen LogP contribution in [0.15, 0.2) is 23.1 Å². The van der Waals surface area contributed by atoms with E-state index in [4.69, 9.17) is 4.74 Å². The third kappa shape index (κ3) is 5.34. The van der Waals surface area contributed by atoms with Crippen LogP contribution in [0, 0.1) is 13.8 Å². The molecule has 2 aromatic heterocycles. The Morgan fingerprint density at radius 3 is 2.48 bits per heavy atom. The van der Waals surface area contributed by atoms with E-state index in [-0.39, 0.29) is 17.7 Å². The molecule has 156 valence electrons. The molecule has 0 spiro atoms. The van der Waals surface area contributed by atoms with Crippen LogP contribution >= 0.6 is 0 Å². The van der Waals surface area contributed by atoms with Gasteiger partial charge in [-0.05, 0) is 59.6 Å². The summed E-state index contributed by atoms with van der Waals surface area (Å²) in [5.41, 5.74) is 1.49. The monoisotopic (exact) mass is 399 g/mol. The van der Waals surface area contributed by atoms with Crippen molar-refractivity contribution in [2.75, 3.05) is 18.0 Å². The van der Waals surface area contributed by atoms with E-state index in [1.54, 1.807) is 13.1 Å². The SMILES string of the molecule is Cc1nc(-c2ccc(N3CCC(NC(=O)OC(C)(C)C)CC3)nc2)[nH]c(=O)c1C. The summed E-state index contributed by atoms with van der Waals surface area (Å²) in [4.78, 5) is 37.9. The van der Waals surface area contributed by atoms with Gasteiger partial charge in [-0.15, -0.1) is 0 Å². The minimum Gasteiger partial charge on any atom is -0.444 e. The van der Waals surface area contributed by atoms with Gasteiger partial charge in [0.15, 0.2) is 0 Å². The van der Waals surface area contributed by atoms with E-state index in [1.165, 1.54) is 0 Å². The lowest BCUT2D eigenvalue weighted by atomic mass is 10.1. The number of rotatable bonds is 3. The van der Waals surface area contributed by atoms with E-state index >= 15 is 0 Å². The van der Waals surface area contributed by atoms with Crippen molar-refractivity contribution in [2.45, 2.75) is 59.1 Å². The van der Waals surface area contributed by atoms with Gasteiger partial charge in [0.1, 0.15) is 17.2 Å². The van der Waals surface area contributed by atoms with Gasteiger partial charge in [-0.1, -0.05) is 0 Å². The molecule has 8 nitrogen and oxygen atoms in total. The first-order chi connectivity index (χ1) is 13.6. The summed E-state index contributed by atoms with van der Waals surface area (Å²) >= 11 is 0. The van der Waals surface area contributed by atoms with Crippen molar-refractivity contribution in [3.8, 4) is 11.4 Å². The molecule has 1 fully saturated rings. The van der Waals surface area contributed by atoms with Crippen LogP contribution < -0.4 is 15.8 Å². The largest absolute Gasteiger partial charge is 0.444 e. The Labute approximate surface area is 170 Å². The minimum absolute atomic E-state index is 0.102. The second-order valence-electron chi connectivity index (χ2n) is 8.44. The van der Waals surface area contributed by atoms with Gasteiger partial charge in [-0.3, -0.25) is 4.79 Å². The molecule has 0 saturated carbocycles. The molecule has 29 heavy (non-hydrogen) atoms. The molecule has 1 aliphatic rings. The van der Waals surface area contributed by atoms with Crippen LogP contribution in [-0.4, -0.2) is 45.8 Å². The number of piperidine rings is 1. The van der Waals surface area contributed by atoms with Gasteiger partial charge < -0.3 is 19.9 Å². The number of ether oxygens (including phenoxy) is 1. The van der Waals surface area contributed by atoms with Crippen LogP contribution in [0.4, 0.5) is 10.6 Å². The van der Waals surface area contributed by atoms with Crippen LogP contribution in [0.2, 0.25) is 0 Å². The van der Waals surface area contributed by atoms with E-state index in [1.807, 2.05) is 39.8 Å². The molecular formula is C21H29N5O3. The van der Waals surface area contributed by atoms with Gasteiger partial charge in [-0.25, -0.2) is 14.8 Å². The smallest absolute Gasteiger partial charge is 0.407 e. The number of carbonyl (C=O) groups is 1. The average molecular weight is 399 g/mol. The van der Waals surface area contributed by atoms with Gasteiger partial charge in [0.05, 0.1) is 0 Å². The van der Waals surface area contributed by atoms with Crippen LogP contribution in [0.1, 0.15) is 44.9 Å². The molecular weight excluding hydrogens is 370 g/mol. The van der Waals surface area contributed by atoms with Gasteiger partial charge >= 0.3 is 6.09 Å². The third-order valence-corrected chi connectivity index (χ3v) is 4.96. The van der Waals surface area contributed by atoms with Gasteiger partial charge in [0, 0.05) is 42.1 Å². The van der Waals surface area contributed by atoms with Crippen LogP contribution in [0.25, 0.3) is 11.4 Å². The highest BCUT2D eigenvalue weighted by molar-refractivity contribution is 5.68. The summed E-state index contributed by atoms with van der Waals surface area (Å²) < 4.78 is 5.32. The van der Waals surface area contributed by atoms with Crippen LogP contribution in [0.3, 0.4) is 0 Å². The third-order valence-electron chi connectivity index (χ3n) is 4.96. The molecule has 3 rings (SSSR count). The summed E-state index contributed by atoms with van der Waals surface area (Å²) in [6, 6.07) is 3.96. The molecule has 3 heterocycles. The zero-order chi connectivity index (χ0) is 21.2. The molecule has 0 aromatic carbocycles. The van der Waals surface area contributed by atoms with Crippen molar-refractivity contribution in [3.63, 3.8) is 0 Å². The number of alkyl carbamates (subject to hydrolysis) is 1. The van der Waals surface area contributed by atoms with Gasteiger partial charge in [0.2, 0.25) is 0 Å². The highest BCUT2D eigenvalue weighted by Crippen LogP contribution is 2.21. The summed E-state index contributed by atoms with van der Waals surface area (Å²) in [6.45, 7) is 10.7. The minimum atomic E-state index is -0.494. The number of nitrogens with one attached hydrogen (secondary N) is 2. The molecule has 2 aromatic rings. The molecule has 1 amide bonds. The summed E-state index contributed by atoms with van der Waals surface area (Å²) in [6.07, 6.45) is 3.02. The number of amides is 1. The summed E-state index contributed by atoms with van der Waals surface area (Å²) in [5.74, 6) is 1.40. The van der Waals surface area contributed by atoms with E-state index in [0.29, 0.717) is 17.1 Å². The fourth-order valence-electron chi connectivity index (χ4n) is 3.22. The molecule has 0 radical (unpaired) electrons. The van der Waals surface area contributed by atoms with Gasteiger partial charge in [0.25, 0.3) is 5.56 Å². The molecule has 8 heteroatoms. The molecule has 0 unspecified atom stereocenters. The Bertz CT molecular complexity index is 923. The van der Waals surface area contributed by atoms with Crippen molar-refractivity contribution < 1.29 is 9.53 Å². The number of carbonyl (C=O) groups excluding carboxylic acids is 1. The molecule has 1 saturated heterocycles. The Morgan fingerprint density at radius 2 is 1.93 bits per heavy atom. The maximum absolute atomic E-state index is 12.0. The zero-order valence-electron chi connectivity index (χ0n) is 17.7. The van der Waals surface area contributed by atoms with E-state index < -0.39 is 5.60 Å². The number of aromatic amines is 1. The lowest BCUT2D eigenvalue weighted by Crippen LogP contribution is -2.46. The molecule has 1 aliphatic heterocycles. The van der Waals surface area contributed by atoms with Crippen LogP contribution in [-0.2, 0) is 4.74 Å². The Hall–Kier alpha value is -2.90. The van der Waals surface area contributed by atoms with Crippen molar-refractivity contribution in [2.24, 2.45) is 0 Å². The lowest BCUT2D eigenvalue weighted by Gasteiger charge is -2.33. The van der Waals surface area contributed by atoms with Crippen molar-refractivity contribution >= 4 is 11.9 Å². The average Bonchev–Trinajstić information content (AvgIpc) is 2.65. The van der Waals surface area contributed by atoms with E-state index in [9.17, 15) is 9.59 Å². The Kier molecular flexibility index (Phi) is 5.91.